The van der Waals surface area contributed by atoms with Crippen LogP contribution in [0.3, 0.4) is 0 Å². The predicted octanol–water partition coefficient (Wildman–Crippen LogP) is 2.83. The minimum absolute atomic E-state index is 0.0309. The summed E-state index contributed by atoms with van der Waals surface area (Å²) in [4.78, 5) is 9.63. The Morgan fingerprint density at radius 3 is 2.41 bits per heavy atom. The van der Waals surface area contributed by atoms with E-state index in [9.17, 15) is 18.5 Å². The molecule has 1 aliphatic rings. The van der Waals surface area contributed by atoms with E-state index < -0.39 is 31.0 Å². The molecule has 1 heterocycles. The first-order valence-electron chi connectivity index (χ1n) is 5.93. The van der Waals surface area contributed by atoms with Crippen LogP contribution in [0.4, 0.5) is 5.69 Å². The number of nitrogens with zero attached hydrogens (tertiary/aromatic N) is 1. The molecule has 2 rings (SSSR count). The molecule has 7 nitrogen and oxygen atoms in total. The van der Waals surface area contributed by atoms with E-state index in [2.05, 4.69) is 0 Å². The van der Waals surface area contributed by atoms with Crippen molar-refractivity contribution in [1.29, 1.82) is 0 Å². The van der Waals surface area contributed by atoms with Gasteiger partial charge in [0.15, 0.2) is 4.33 Å². The number of hydrogen-bond donors (Lipinski definition) is 0. The Labute approximate surface area is 141 Å². The lowest BCUT2D eigenvalue weighted by Gasteiger charge is -2.35. The number of alkyl halides is 3. The molecule has 2 unspecified atom stereocenters. The fourth-order valence-electron chi connectivity index (χ4n) is 1.77. The van der Waals surface area contributed by atoms with E-state index in [1.165, 1.54) is 0 Å². The third-order valence-electron chi connectivity index (χ3n) is 2.82. The first-order chi connectivity index (χ1) is 10.1. The van der Waals surface area contributed by atoms with Crippen molar-refractivity contribution in [1.82, 2.24) is 0 Å². The van der Waals surface area contributed by atoms with Crippen molar-refractivity contribution in [3.8, 4) is 0 Å². The third kappa shape index (κ3) is 4.01. The Morgan fingerprint density at radius 2 is 1.91 bits per heavy atom. The minimum Gasteiger partial charge on any atom is -0.347 e. The molecule has 0 radical (unpaired) electrons. The number of non-ortho nitro benzene ring substituents is 1. The Morgan fingerprint density at radius 1 is 1.32 bits per heavy atom. The van der Waals surface area contributed by atoms with Crippen molar-refractivity contribution in [2.75, 3.05) is 6.61 Å². The quantitative estimate of drug-likeness (QED) is 0.339. The fraction of sp³-hybridized carbons (Fsp3) is 0.455. The van der Waals surface area contributed by atoms with Gasteiger partial charge in [-0.05, 0) is 12.1 Å². The Kier molecular flexibility index (Phi) is 5.20. The van der Waals surface area contributed by atoms with Crippen molar-refractivity contribution in [2.24, 2.45) is 0 Å². The third-order valence-corrected chi connectivity index (χ3v) is 5.04. The van der Waals surface area contributed by atoms with Gasteiger partial charge >= 0.3 is 0 Å². The molecule has 0 amide bonds. The summed E-state index contributed by atoms with van der Waals surface area (Å²) in [6.07, 6.45) is -1.34. The second-order valence-electron chi connectivity index (χ2n) is 4.53. The van der Waals surface area contributed by atoms with Crippen molar-refractivity contribution in [3.63, 3.8) is 0 Å². The van der Waals surface area contributed by atoms with Crippen LogP contribution in [-0.2, 0) is 19.0 Å². The van der Waals surface area contributed by atoms with Crippen LogP contribution in [0.5, 0.6) is 0 Å². The number of benzene rings is 1. The summed E-state index contributed by atoms with van der Waals surface area (Å²) in [6.45, 7) is 0.0309. The standard InChI is InChI=1S/C11H10Cl3NO6S/c12-7-5-11(13,14)10(20-6-7)21-22(18,19)9-3-1-8(2-4-9)15(16)17/h1-4,7,10H,5-6H2. The van der Waals surface area contributed by atoms with Gasteiger partial charge in [0.25, 0.3) is 15.8 Å². The molecule has 0 bridgehead atoms. The molecule has 1 fully saturated rings. The maximum Gasteiger partial charge on any atom is 0.299 e. The van der Waals surface area contributed by atoms with Crippen molar-refractivity contribution in [2.45, 2.75) is 27.3 Å². The van der Waals surface area contributed by atoms with Crippen LogP contribution in [0, 0.1) is 10.1 Å². The lowest BCUT2D eigenvalue weighted by atomic mass is 10.2. The summed E-state index contributed by atoms with van der Waals surface area (Å²) in [5.74, 6) is 0. The highest BCUT2D eigenvalue weighted by molar-refractivity contribution is 7.86. The smallest absolute Gasteiger partial charge is 0.299 e. The van der Waals surface area contributed by atoms with Crippen LogP contribution in [0.2, 0.25) is 0 Å². The Hall–Kier alpha value is -0.640. The van der Waals surface area contributed by atoms with E-state index >= 15 is 0 Å². The zero-order chi connectivity index (χ0) is 16.5. The Bertz CT molecular complexity index is 663. The number of nitro groups is 1. The van der Waals surface area contributed by atoms with Gasteiger partial charge in [-0.2, -0.15) is 8.42 Å². The second-order valence-corrected chi connectivity index (χ2v) is 8.26. The zero-order valence-electron chi connectivity index (χ0n) is 10.8. The van der Waals surface area contributed by atoms with E-state index in [4.69, 9.17) is 43.7 Å². The number of hydrogen-bond acceptors (Lipinski definition) is 6. The lowest BCUT2D eigenvalue weighted by molar-refractivity contribution is -0.384. The first-order valence-corrected chi connectivity index (χ1v) is 8.53. The molecule has 22 heavy (non-hydrogen) atoms. The summed E-state index contributed by atoms with van der Waals surface area (Å²) in [5, 5.41) is 10.1. The summed E-state index contributed by atoms with van der Waals surface area (Å²) in [6, 6.07) is 4.18. The van der Waals surface area contributed by atoms with Gasteiger partial charge in [-0.1, -0.05) is 23.2 Å². The molecule has 122 valence electrons. The molecule has 1 saturated heterocycles. The van der Waals surface area contributed by atoms with Gasteiger partial charge in [0.2, 0.25) is 6.29 Å². The summed E-state index contributed by atoms with van der Waals surface area (Å²) in [5.41, 5.74) is -0.248. The molecule has 0 spiro atoms. The second kappa shape index (κ2) is 6.46. The van der Waals surface area contributed by atoms with E-state index in [1.807, 2.05) is 0 Å². The average molecular weight is 391 g/mol. The van der Waals surface area contributed by atoms with E-state index in [1.54, 1.807) is 0 Å². The van der Waals surface area contributed by atoms with Gasteiger partial charge in [0.1, 0.15) is 0 Å². The van der Waals surface area contributed by atoms with E-state index in [0.717, 1.165) is 24.3 Å². The molecule has 2 atom stereocenters. The number of halogens is 3. The largest absolute Gasteiger partial charge is 0.347 e. The topological polar surface area (TPSA) is 95.7 Å². The van der Waals surface area contributed by atoms with Gasteiger partial charge < -0.3 is 4.74 Å². The normalized spacial score (nSPS) is 24.9. The monoisotopic (exact) mass is 389 g/mol. The molecule has 1 aliphatic heterocycles. The predicted molar refractivity (Wildman–Crippen MR) is 79.8 cm³/mol. The zero-order valence-corrected chi connectivity index (χ0v) is 13.9. The number of rotatable bonds is 4. The van der Waals surface area contributed by atoms with Crippen molar-refractivity contribution < 1.29 is 22.3 Å². The van der Waals surface area contributed by atoms with Crippen molar-refractivity contribution >= 4 is 50.6 Å². The molecule has 0 N–H and O–H groups in total. The molecule has 0 saturated carbocycles. The van der Waals surface area contributed by atoms with Crippen LogP contribution in [0.15, 0.2) is 29.2 Å². The van der Waals surface area contributed by atoms with E-state index in [0.29, 0.717) is 0 Å². The van der Waals surface area contributed by atoms with Crippen LogP contribution >= 0.6 is 34.8 Å². The van der Waals surface area contributed by atoms with E-state index in [-0.39, 0.29) is 23.6 Å². The molecule has 11 heteroatoms. The van der Waals surface area contributed by atoms with Crippen LogP contribution < -0.4 is 0 Å². The lowest BCUT2D eigenvalue weighted by Crippen LogP contribution is -2.45. The summed E-state index contributed by atoms with van der Waals surface area (Å²) < 4.78 is 32.6. The van der Waals surface area contributed by atoms with Gasteiger partial charge in [0.05, 0.1) is 21.8 Å². The van der Waals surface area contributed by atoms with Crippen LogP contribution in [0.1, 0.15) is 6.42 Å². The maximum atomic E-state index is 12.1. The van der Waals surface area contributed by atoms with Gasteiger partial charge in [0, 0.05) is 18.6 Å². The number of ether oxygens (including phenoxy) is 1. The highest BCUT2D eigenvalue weighted by Gasteiger charge is 2.45. The highest BCUT2D eigenvalue weighted by atomic mass is 35.5. The molecule has 0 aliphatic carbocycles. The SMILES string of the molecule is O=[N+]([O-])c1ccc(S(=O)(=O)OC2OCC(Cl)CC2(Cl)Cl)cc1. The maximum absolute atomic E-state index is 12.1. The van der Waals surface area contributed by atoms with Gasteiger partial charge in [-0.3, -0.25) is 10.1 Å². The molecule has 0 aromatic heterocycles. The average Bonchev–Trinajstić information content (AvgIpc) is 2.41. The first kappa shape index (κ1) is 17.7. The number of nitro benzene ring substituents is 1. The molecule has 1 aromatic carbocycles. The van der Waals surface area contributed by atoms with Gasteiger partial charge in [-0.15, -0.1) is 11.6 Å². The van der Waals surface area contributed by atoms with Crippen molar-refractivity contribution in [3.05, 3.63) is 34.4 Å². The highest BCUT2D eigenvalue weighted by Crippen LogP contribution is 2.39. The molecule has 1 aromatic rings. The van der Waals surface area contributed by atoms with Crippen LogP contribution in [-0.4, -0.2) is 35.9 Å². The van der Waals surface area contributed by atoms with Gasteiger partial charge in [-0.25, -0.2) is 4.18 Å². The molecular formula is C11H10Cl3NO6S. The summed E-state index contributed by atoms with van der Waals surface area (Å²) >= 11 is 17.8. The minimum atomic E-state index is -4.25. The molecular weight excluding hydrogens is 381 g/mol. The van der Waals surface area contributed by atoms with Crippen LogP contribution in [0.25, 0.3) is 0 Å². The summed E-state index contributed by atoms with van der Waals surface area (Å²) in [7, 11) is -4.25. The Balaban J connectivity index is 2.18. The fourth-order valence-corrected chi connectivity index (χ4v) is 3.97.